The topological polar surface area (TPSA) is 0 Å². The summed E-state index contributed by atoms with van der Waals surface area (Å²) in [5, 5.41) is 0. The first-order valence-electron chi connectivity index (χ1n) is 5.84. The molecule has 0 fully saturated rings. The van der Waals surface area contributed by atoms with Gasteiger partial charge in [0.05, 0.1) is 0 Å². The summed E-state index contributed by atoms with van der Waals surface area (Å²) in [6.07, 6.45) is 4.23. The lowest BCUT2D eigenvalue weighted by Crippen LogP contribution is -1.81. The third kappa shape index (κ3) is 3.94. The Morgan fingerprint density at radius 2 is 1.53 bits per heavy atom. The molecule has 2 radical (unpaired) electrons. The second-order valence-corrected chi connectivity index (χ2v) is 4.98. The van der Waals surface area contributed by atoms with Crippen molar-refractivity contribution < 1.29 is 0 Å². The Hall–Kier alpha value is -1.21. The normalized spacial score (nSPS) is 10.4. The zero-order valence-corrected chi connectivity index (χ0v) is 10.6. The maximum absolute atomic E-state index is 3.84. The molecule has 0 amide bonds. The van der Waals surface area contributed by atoms with Crippen LogP contribution in [0.5, 0.6) is 0 Å². The summed E-state index contributed by atoms with van der Waals surface area (Å²) in [6, 6.07) is 19.1. The standard InChI is InChI=1S/C16H16S/c1-2-3-7-14-10-12-16(13-11-14)17-15-8-5-4-6-9-15/h4-13H,1-3H2. The monoisotopic (exact) mass is 240 g/mol. The van der Waals surface area contributed by atoms with Crippen molar-refractivity contribution in [3.05, 3.63) is 73.5 Å². The molecule has 0 nitrogen and oxygen atoms in total. The van der Waals surface area contributed by atoms with Crippen LogP contribution in [0.4, 0.5) is 0 Å². The summed E-state index contributed by atoms with van der Waals surface area (Å²) in [6.45, 7) is 3.84. The van der Waals surface area contributed by atoms with E-state index in [-0.39, 0.29) is 0 Å². The van der Waals surface area contributed by atoms with Gasteiger partial charge in [0.2, 0.25) is 0 Å². The molecule has 1 heteroatoms. The molecule has 0 heterocycles. The predicted molar refractivity (Wildman–Crippen MR) is 75.0 cm³/mol. The van der Waals surface area contributed by atoms with Crippen LogP contribution < -0.4 is 0 Å². The van der Waals surface area contributed by atoms with E-state index in [4.69, 9.17) is 0 Å². The maximum atomic E-state index is 3.84. The molecule has 0 saturated heterocycles. The summed E-state index contributed by atoms with van der Waals surface area (Å²) >= 11 is 1.79. The third-order valence-electron chi connectivity index (χ3n) is 2.44. The Morgan fingerprint density at radius 3 is 2.18 bits per heavy atom. The fourth-order valence-electron chi connectivity index (χ4n) is 1.57. The molecule has 2 aromatic carbocycles. The highest BCUT2D eigenvalue weighted by Gasteiger charge is 1.97. The molecule has 0 aliphatic heterocycles. The van der Waals surface area contributed by atoms with Gasteiger partial charge < -0.3 is 0 Å². The van der Waals surface area contributed by atoms with E-state index in [0.717, 1.165) is 12.8 Å². The third-order valence-corrected chi connectivity index (χ3v) is 3.46. The lowest BCUT2D eigenvalue weighted by molar-refractivity contribution is 0.987. The van der Waals surface area contributed by atoms with Gasteiger partial charge in [-0.05, 0) is 42.7 Å². The van der Waals surface area contributed by atoms with Crippen LogP contribution in [-0.2, 0) is 0 Å². The van der Waals surface area contributed by atoms with Crippen LogP contribution in [0.2, 0.25) is 0 Å². The van der Waals surface area contributed by atoms with Crippen molar-refractivity contribution in [3.63, 3.8) is 0 Å². The quantitative estimate of drug-likeness (QED) is 0.708. The molecule has 2 aromatic rings. The molecule has 17 heavy (non-hydrogen) atoms. The minimum atomic E-state index is 0.959. The highest BCUT2D eigenvalue weighted by Crippen LogP contribution is 2.27. The fraction of sp³-hybridized carbons (Fsp3) is 0.125. The van der Waals surface area contributed by atoms with E-state index in [2.05, 4.69) is 61.9 Å². The van der Waals surface area contributed by atoms with Crippen LogP contribution >= 0.6 is 11.8 Å². The van der Waals surface area contributed by atoms with Crippen LogP contribution in [0.25, 0.3) is 0 Å². The molecule has 0 aromatic heterocycles. The largest absolute Gasteiger partial charge is 0.0901 e. The van der Waals surface area contributed by atoms with E-state index in [1.165, 1.54) is 15.4 Å². The zero-order chi connectivity index (χ0) is 11.9. The predicted octanol–water partition coefficient (Wildman–Crippen LogP) is 5.00. The van der Waals surface area contributed by atoms with E-state index in [1.54, 1.807) is 11.8 Å². The van der Waals surface area contributed by atoms with Gasteiger partial charge in [0.15, 0.2) is 0 Å². The van der Waals surface area contributed by atoms with Crippen LogP contribution in [0, 0.1) is 13.3 Å². The van der Waals surface area contributed by atoms with Gasteiger partial charge in [-0.1, -0.05) is 55.4 Å². The van der Waals surface area contributed by atoms with Crippen LogP contribution in [-0.4, -0.2) is 0 Å². The average Bonchev–Trinajstić information content (AvgIpc) is 2.39. The highest BCUT2D eigenvalue weighted by molar-refractivity contribution is 7.99. The van der Waals surface area contributed by atoms with Gasteiger partial charge in [-0.2, -0.15) is 0 Å². The van der Waals surface area contributed by atoms with E-state index in [9.17, 15) is 0 Å². The van der Waals surface area contributed by atoms with E-state index in [0.29, 0.717) is 0 Å². The van der Waals surface area contributed by atoms with E-state index in [1.807, 2.05) is 6.07 Å². The Bertz CT molecular complexity index is 431. The minimum Gasteiger partial charge on any atom is -0.0901 e. The van der Waals surface area contributed by atoms with Crippen molar-refractivity contribution in [1.82, 2.24) is 0 Å². The number of unbranched alkanes of at least 4 members (excludes halogenated alkanes) is 1. The number of hydrogen-bond donors (Lipinski definition) is 0. The van der Waals surface area contributed by atoms with Crippen molar-refractivity contribution in [3.8, 4) is 0 Å². The van der Waals surface area contributed by atoms with Gasteiger partial charge in [-0.15, -0.1) is 0 Å². The van der Waals surface area contributed by atoms with Gasteiger partial charge in [0, 0.05) is 9.79 Å². The Labute approximate surface area is 108 Å². The molecule has 0 aliphatic rings. The van der Waals surface area contributed by atoms with Crippen molar-refractivity contribution in [2.75, 3.05) is 0 Å². The van der Waals surface area contributed by atoms with Crippen molar-refractivity contribution in [2.24, 2.45) is 0 Å². The second kappa shape index (κ2) is 6.51. The van der Waals surface area contributed by atoms with Crippen LogP contribution in [0.15, 0.2) is 64.4 Å². The minimum absolute atomic E-state index is 0.959. The highest BCUT2D eigenvalue weighted by atomic mass is 32.2. The number of benzene rings is 2. The first-order chi connectivity index (χ1) is 8.38. The summed E-state index contributed by atoms with van der Waals surface area (Å²) in [5.41, 5.74) is 1.28. The average molecular weight is 240 g/mol. The molecular weight excluding hydrogens is 224 g/mol. The molecule has 0 spiro atoms. The van der Waals surface area contributed by atoms with Gasteiger partial charge in [0.1, 0.15) is 0 Å². The van der Waals surface area contributed by atoms with Crippen LogP contribution in [0.1, 0.15) is 18.4 Å². The first kappa shape index (κ1) is 12.3. The molecule has 0 saturated carbocycles. The molecule has 0 unspecified atom stereocenters. The summed E-state index contributed by atoms with van der Waals surface area (Å²) in [4.78, 5) is 2.56. The molecule has 86 valence electrons. The molecular formula is C16H16S. The molecule has 0 N–H and O–H groups in total. The summed E-state index contributed by atoms with van der Waals surface area (Å²) < 4.78 is 0. The SMILES string of the molecule is [CH2]CC[CH]c1ccc(Sc2ccccc2)cc1. The molecule has 0 bridgehead atoms. The lowest BCUT2D eigenvalue weighted by atomic mass is 10.1. The van der Waals surface area contributed by atoms with Crippen molar-refractivity contribution in [1.29, 1.82) is 0 Å². The first-order valence-corrected chi connectivity index (χ1v) is 6.65. The lowest BCUT2D eigenvalue weighted by Gasteiger charge is -2.03. The van der Waals surface area contributed by atoms with Gasteiger partial charge in [-0.25, -0.2) is 0 Å². The van der Waals surface area contributed by atoms with Crippen LogP contribution in [0.3, 0.4) is 0 Å². The Kier molecular flexibility index (Phi) is 4.69. The van der Waals surface area contributed by atoms with Gasteiger partial charge >= 0.3 is 0 Å². The molecule has 0 aliphatic carbocycles. The van der Waals surface area contributed by atoms with Crippen molar-refractivity contribution in [2.45, 2.75) is 22.6 Å². The zero-order valence-electron chi connectivity index (χ0n) is 9.80. The Balaban J connectivity index is 1.98. The number of rotatable bonds is 5. The maximum Gasteiger partial charge on any atom is 0.0122 e. The van der Waals surface area contributed by atoms with Gasteiger partial charge in [-0.3, -0.25) is 0 Å². The summed E-state index contributed by atoms with van der Waals surface area (Å²) in [5.74, 6) is 0. The number of hydrogen-bond acceptors (Lipinski definition) is 1. The van der Waals surface area contributed by atoms with Gasteiger partial charge in [0.25, 0.3) is 0 Å². The van der Waals surface area contributed by atoms with E-state index >= 15 is 0 Å². The van der Waals surface area contributed by atoms with E-state index < -0.39 is 0 Å². The Morgan fingerprint density at radius 1 is 0.882 bits per heavy atom. The molecule has 2 rings (SSSR count). The molecule has 0 atom stereocenters. The van der Waals surface area contributed by atoms with Crippen molar-refractivity contribution >= 4 is 11.8 Å². The summed E-state index contributed by atoms with van der Waals surface area (Å²) in [7, 11) is 0. The fourth-order valence-corrected chi connectivity index (χ4v) is 2.40. The smallest absolute Gasteiger partial charge is 0.0122 e. The second-order valence-electron chi connectivity index (χ2n) is 3.83.